The van der Waals surface area contributed by atoms with Crippen LogP contribution in [0.2, 0.25) is 0 Å². The van der Waals surface area contributed by atoms with E-state index in [9.17, 15) is 4.79 Å². The van der Waals surface area contributed by atoms with Crippen LogP contribution in [0.1, 0.15) is 42.7 Å². The third-order valence-electron chi connectivity index (χ3n) is 6.76. The molecule has 0 aliphatic carbocycles. The third-order valence-corrected chi connectivity index (χ3v) is 6.76. The summed E-state index contributed by atoms with van der Waals surface area (Å²) in [7, 11) is 1.82. The van der Waals surface area contributed by atoms with Gasteiger partial charge in [-0.25, -0.2) is 0 Å². The molecule has 0 radical (unpaired) electrons. The van der Waals surface area contributed by atoms with Gasteiger partial charge in [-0.2, -0.15) is 0 Å². The third kappa shape index (κ3) is 4.73. The predicted molar refractivity (Wildman–Crippen MR) is 115 cm³/mol. The van der Waals surface area contributed by atoms with Crippen molar-refractivity contribution >= 4 is 0 Å². The highest BCUT2D eigenvalue weighted by Gasteiger charge is 2.28. The molecule has 150 valence electrons. The zero-order valence-electron chi connectivity index (χ0n) is 17.1. The van der Waals surface area contributed by atoms with Crippen molar-refractivity contribution in [3.63, 3.8) is 0 Å². The summed E-state index contributed by atoms with van der Waals surface area (Å²) in [6.45, 7) is 5.99. The van der Waals surface area contributed by atoms with Gasteiger partial charge in [0.1, 0.15) is 0 Å². The lowest BCUT2D eigenvalue weighted by Crippen LogP contribution is -2.47. The molecule has 4 nitrogen and oxygen atoms in total. The first-order chi connectivity index (χ1) is 13.7. The van der Waals surface area contributed by atoms with Gasteiger partial charge < -0.3 is 14.4 Å². The van der Waals surface area contributed by atoms with Crippen LogP contribution >= 0.6 is 0 Å². The lowest BCUT2D eigenvalue weighted by Gasteiger charge is -2.42. The van der Waals surface area contributed by atoms with Crippen molar-refractivity contribution in [2.75, 3.05) is 32.7 Å². The number of likely N-dealkylation sites (tertiary alicyclic amines) is 2. The number of aromatic nitrogens is 1. The van der Waals surface area contributed by atoms with Gasteiger partial charge in [0.25, 0.3) is 5.56 Å². The Hall–Kier alpha value is -1.91. The smallest absolute Gasteiger partial charge is 0.250 e. The molecule has 0 bridgehead atoms. The minimum Gasteiger partial charge on any atom is -0.319 e. The number of hydrogen-bond acceptors (Lipinski definition) is 3. The van der Waals surface area contributed by atoms with Crippen LogP contribution in [0.15, 0.2) is 53.5 Å². The maximum Gasteiger partial charge on any atom is 0.250 e. The molecule has 4 heteroatoms. The van der Waals surface area contributed by atoms with E-state index >= 15 is 0 Å². The van der Waals surface area contributed by atoms with E-state index in [1.807, 2.05) is 19.3 Å². The van der Waals surface area contributed by atoms with Crippen LogP contribution in [-0.2, 0) is 13.5 Å². The number of benzene rings is 1. The zero-order valence-corrected chi connectivity index (χ0v) is 17.1. The van der Waals surface area contributed by atoms with Crippen LogP contribution in [-0.4, -0.2) is 53.1 Å². The molecule has 1 aromatic carbocycles. The Morgan fingerprint density at radius 1 is 0.929 bits per heavy atom. The maximum absolute atomic E-state index is 11.9. The fourth-order valence-electron chi connectivity index (χ4n) is 4.86. The molecular weight excluding hydrogens is 346 g/mol. The Morgan fingerprint density at radius 3 is 2.32 bits per heavy atom. The van der Waals surface area contributed by atoms with Crippen molar-refractivity contribution < 1.29 is 0 Å². The van der Waals surface area contributed by atoms with Crippen molar-refractivity contribution in [1.82, 2.24) is 14.4 Å². The summed E-state index contributed by atoms with van der Waals surface area (Å²) >= 11 is 0. The molecule has 2 aromatic rings. The number of pyridine rings is 1. The van der Waals surface area contributed by atoms with Gasteiger partial charge in [0.05, 0.1) is 0 Å². The van der Waals surface area contributed by atoms with Crippen molar-refractivity contribution in [3.05, 3.63) is 70.1 Å². The van der Waals surface area contributed by atoms with Crippen LogP contribution in [0, 0.1) is 0 Å². The Balaban J connectivity index is 1.21. The molecule has 0 saturated carbocycles. The SMILES string of the molecule is Cn1ccc(C2CCN(C3CCN(CCc4ccccc4)CC3)CC2)cc1=O. The summed E-state index contributed by atoms with van der Waals surface area (Å²) in [5.74, 6) is 0.552. The molecule has 1 aromatic heterocycles. The van der Waals surface area contributed by atoms with Gasteiger partial charge >= 0.3 is 0 Å². The van der Waals surface area contributed by atoms with Crippen LogP contribution < -0.4 is 5.56 Å². The second kappa shape index (κ2) is 9.06. The van der Waals surface area contributed by atoms with Gasteiger partial charge in [-0.05, 0) is 81.4 Å². The van der Waals surface area contributed by atoms with Gasteiger partial charge in [-0.15, -0.1) is 0 Å². The van der Waals surface area contributed by atoms with Crippen LogP contribution in [0.5, 0.6) is 0 Å². The minimum atomic E-state index is 0.114. The molecule has 2 fully saturated rings. The molecule has 2 aliphatic rings. The van der Waals surface area contributed by atoms with E-state index in [2.05, 4.69) is 46.2 Å². The van der Waals surface area contributed by atoms with Gasteiger partial charge in [0, 0.05) is 31.9 Å². The number of hydrogen-bond donors (Lipinski definition) is 0. The maximum atomic E-state index is 11.9. The van der Waals surface area contributed by atoms with E-state index in [4.69, 9.17) is 0 Å². The van der Waals surface area contributed by atoms with E-state index < -0.39 is 0 Å². The van der Waals surface area contributed by atoms with E-state index in [1.165, 1.54) is 69.5 Å². The summed E-state index contributed by atoms with van der Waals surface area (Å²) < 4.78 is 1.66. The Labute approximate surface area is 168 Å². The molecular formula is C24H33N3O. The van der Waals surface area contributed by atoms with Crippen LogP contribution in [0.25, 0.3) is 0 Å². The first-order valence-corrected chi connectivity index (χ1v) is 10.9. The largest absolute Gasteiger partial charge is 0.319 e. The molecule has 3 heterocycles. The summed E-state index contributed by atoms with van der Waals surface area (Å²) in [6.07, 6.45) is 8.03. The van der Waals surface area contributed by atoms with Gasteiger partial charge in [0.15, 0.2) is 0 Å². The fraction of sp³-hybridized carbons (Fsp3) is 0.542. The highest BCUT2D eigenvalue weighted by molar-refractivity contribution is 5.17. The van der Waals surface area contributed by atoms with E-state index in [0.29, 0.717) is 5.92 Å². The second-order valence-electron chi connectivity index (χ2n) is 8.53. The molecule has 0 spiro atoms. The topological polar surface area (TPSA) is 28.5 Å². The Morgan fingerprint density at radius 2 is 1.64 bits per heavy atom. The van der Waals surface area contributed by atoms with Crippen LogP contribution in [0.4, 0.5) is 0 Å². The standard InChI is InChI=1S/C24H33N3O/c1-25-13-8-22(19-24(25)28)21-9-17-27(18-10-21)23-11-15-26(16-12-23)14-7-20-5-3-2-4-6-20/h2-6,8,13,19,21,23H,7,9-12,14-18H2,1H3. The van der Waals surface area contributed by atoms with E-state index in [1.54, 1.807) is 4.57 Å². The quantitative estimate of drug-likeness (QED) is 0.798. The highest BCUT2D eigenvalue weighted by Crippen LogP contribution is 2.30. The molecule has 0 unspecified atom stereocenters. The summed E-state index contributed by atoms with van der Waals surface area (Å²) in [5.41, 5.74) is 2.80. The van der Waals surface area contributed by atoms with Gasteiger partial charge in [0.2, 0.25) is 0 Å². The normalized spacial score (nSPS) is 20.5. The first-order valence-electron chi connectivity index (χ1n) is 10.9. The number of aryl methyl sites for hydroxylation is 1. The number of rotatable bonds is 5. The molecule has 28 heavy (non-hydrogen) atoms. The van der Waals surface area contributed by atoms with Crippen molar-refractivity contribution in [2.45, 2.75) is 44.1 Å². The van der Waals surface area contributed by atoms with E-state index in [-0.39, 0.29) is 5.56 Å². The lowest BCUT2D eigenvalue weighted by atomic mass is 9.88. The van der Waals surface area contributed by atoms with E-state index in [0.717, 1.165) is 12.5 Å². The van der Waals surface area contributed by atoms with Crippen molar-refractivity contribution in [1.29, 1.82) is 0 Å². The zero-order chi connectivity index (χ0) is 19.3. The monoisotopic (exact) mass is 379 g/mol. The first kappa shape index (κ1) is 19.4. The highest BCUT2D eigenvalue weighted by atomic mass is 16.1. The van der Waals surface area contributed by atoms with Crippen molar-refractivity contribution in [2.24, 2.45) is 7.05 Å². The van der Waals surface area contributed by atoms with Crippen molar-refractivity contribution in [3.8, 4) is 0 Å². The molecule has 0 N–H and O–H groups in total. The molecule has 4 rings (SSSR count). The average Bonchev–Trinajstić information content (AvgIpc) is 2.75. The molecule has 2 saturated heterocycles. The fourth-order valence-corrected chi connectivity index (χ4v) is 4.86. The van der Waals surface area contributed by atoms with Gasteiger partial charge in [-0.1, -0.05) is 30.3 Å². The Kier molecular flexibility index (Phi) is 6.28. The summed E-state index contributed by atoms with van der Waals surface area (Å²) in [4.78, 5) is 17.3. The minimum absolute atomic E-state index is 0.114. The Bertz CT molecular complexity index is 800. The number of nitrogens with zero attached hydrogens (tertiary/aromatic N) is 3. The van der Waals surface area contributed by atoms with Gasteiger partial charge in [-0.3, -0.25) is 4.79 Å². The second-order valence-corrected chi connectivity index (χ2v) is 8.53. The molecule has 0 atom stereocenters. The number of piperidine rings is 2. The van der Waals surface area contributed by atoms with Crippen LogP contribution in [0.3, 0.4) is 0 Å². The average molecular weight is 380 g/mol. The molecule has 0 amide bonds. The lowest BCUT2D eigenvalue weighted by molar-refractivity contribution is 0.0878. The predicted octanol–water partition coefficient (Wildman–Crippen LogP) is 3.27. The summed E-state index contributed by atoms with van der Waals surface area (Å²) in [6, 6.07) is 15.6. The molecule has 2 aliphatic heterocycles. The summed E-state index contributed by atoms with van der Waals surface area (Å²) in [5, 5.41) is 0.